The van der Waals surface area contributed by atoms with Gasteiger partial charge in [0.05, 0.1) is 17.2 Å². The second-order valence-electron chi connectivity index (χ2n) is 6.42. The predicted molar refractivity (Wildman–Crippen MR) is 114 cm³/mol. The largest absolute Gasteiger partial charge is 0.460 e. The first-order valence-corrected chi connectivity index (χ1v) is 10.3. The lowest BCUT2D eigenvalue weighted by molar-refractivity contribution is -0.112. The van der Waals surface area contributed by atoms with Crippen LogP contribution in [0.25, 0.3) is 0 Å². The molecule has 0 spiro atoms. The normalized spacial score (nSPS) is 15.3. The van der Waals surface area contributed by atoms with Crippen molar-refractivity contribution in [3.05, 3.63) is 97.4 Å². The van der Waals surface area contributed by atoms with Gasteiger partial charge in [0.1, 0.15) is 12.4 Å². The predicted octanol–water partition coefficient (Wildman–Crippen LogP) is 6.72. The van der Waals surface area contributed by atoms with E-state index >= 15 is 0 Å². The molecule has 0 aliphatic carbocycles. The smallest absolute Gasteiger partial charge is 0.340 e. The van der Waals surface area contributed by atoms with Crippen molar-refractivity contribution < 1.29 is 19.0 Å². The van der Waals surface area contributed by atoms with Crippen LogP contribution in [-0.4, -0.2) is 5.97 Å². The molecule has 4 nitrogen and oxygen atoms in total. The number of carbonyl (C=O) groups excluding carboxylic acids is 1. The zero-order chi connectivity index (χ0) is 20.4. The Labute approximate surface area is 186 Å². The van der Waals surface area contributed by atoms with Crippen LogP contribution in [0.15, 0.2) is 65.1 Å². The third-order valence-electron chi connectivity index (χ3n) is 4.40. The number of fused-ring (bicyclic) bond motifs is 1. The Morgan fingerprint density at radius 2 is 1.90 bits per heavy atom. The first kappa shape index (κ1) is 20.2. The molecule has 148 valence electrons. The molecule has 0 radical (unpaired) electrons. The van der Waals surface area contributed by atoms with Gasteiger partial charge in [0.15, 0.2) is 0 Å². The van der Waals surface area contributed by atoms with Gasteiger partial charge in [-0.2, -0.15) is 0 Å². The van der Waals surface area contributed by atoms with Crippen LogP contribution in [0.3, 0.4) is 0 Å². The molecule has 29 heavy (non-hydrogen) atoms. The highest BCUT2D eigenvalue weighted by atomic mass is 79.9. The van der Waals surface area contributed by atoms with Crippen LogP contribution < -0.4 is 4.74 Å². The number of esters is 1. The van der Waals surface area contributed by atoms with Crippen molar-refractivity contribution >= 4 is 45.1 Å². The fourth-order valence-electron chi connectivity index (χ4n) is 3.03. The Kier molecular flexibility index (Phi) is 6.11. The number of benzene rings is 3. The Morgan fingerprint density at radius 1 is 1.10 bits per heavy atom. The summed E-state index contributed by atoms with van der Waals surface area (Å²) < 4.78 is 18.3. The van der Waals surface area contributed by atoms with E-state index in [2.05, 4.69) is 15.9 Å². The average Bonchev–Trinajstić information content (AvgIpc) is 2.73. The minimum atomic E-state index is -0.558. The molecule has 1 aliphatic rings. The fourth-order valence-corrected chi connectivity index (χ4v) is 3.95. The van der Waals surface area contributed by atoms with E-state index in [9.17, 15) is 4.79 Å². The monoisotopic (exact) mass is 492 g/mol. The zero-order valence-corrected chi connectivity index (χ0v) is 18.1. The summed E-state index contributed by atoms with van der Waals surface area (Å²) >= 11 is 15.5. The van der Waals surface area contributed by atoms with Crippen molar-refractivity contribution in [3.63, 3.8) is 0 Å². The molecule has 0 bridgehead atoms. The number of ether oxygens (including phenoxy) is 3. The van der Waals surface area contributed by atoms with Gasteiger partial charge in [-0.05, 0) is 30.3 Å². The van der Waals surface area contributed by atoms with Gasteiger partial charge in [-0.1, -0.05) is 69.5 Å². The number of hydrogen-bond acceptors (Lipinski definition) is 4. The second kappa shape index (κ2) is 8.76. The van der Waals surface area contributed by atoms with Crippen molar-refractivity contribution in [3.8, 4) is 5.75 Å². The van der Waals surface area contributed by atoms with Gasteiger partial charge in [-0.15, -0.1) is 0 Å². The summed E-state index contributed by atoms with van der Waals surface area (Å²) in [6.45, 7) is 0.403. The quantitative estimate of drug-likeness (QED) is 0.378. The van der Waals surface area contributed by atoms with Crippen LogP contribution in [0.4, 0.5) is 0 Å². The van der Waals surface area contributed by atoms with E-state index in [0.29, 0.717) is 17.4 Å². The molecule has 1 aliphatic heterocycles. The van der Waals surface area contributed by atoms with Gasteiger partial charge in [0.2, 0.25) is 6.29 Å². The molecule has 1 heterocycles. The SMILES string of the molecule is O=C(OCc1cc(Br)cc2c1O[C@@H](c1ccccc1)OC2)c1cc(Cl)ccc1Cl. The number of carbonyl (C=O) groups is 1. The fraction of sp³-hybridized carbons (Fsp3) is 0.136. The molecular weight excluding hydrogens is 479 g/mol. The molecular formula is C22H15BrCl2O4. The zero-order valence-electron chi connectivity index (χ0n) is 15.0. The minimum absolute atomic E-state index is 0.0188. The van der Waals surface area contributed by atoms with Crippen molar-refractivity contribution in [2.45, 2.75) is 19.5 Å². The van der Waals surface area contributed by atoms with Crippen molar-refractivity contribution in [1.82, 2.24) is 0 Å². The molecule has 7 heteroatoms. The van der Waals surface area contributed by atoms with Crippen molar-refractivity contribution in [2.75, 3.05) is 0 Å². The summed E-state index contributed by atoms with van der Waals surface area (Å²) in [5, 5.41) is 0.692. The maximum absolute atomic E-state index is 12.5. The van der Waals surface area contributed by atoms with E-state index in [1.54, 1.807) is 12.1 Å². The summed E-state index contributed by atoms with van der Waals surface area (Å²) in [5.41, 5.74) is 2.73. The molecule has 0 N–H and O–H groups in total. The number of rotatable bonds is 4. The average molecular weight is 494 g/mol. The summed E-state index contributed by atoms with van der Waals surface area (Å²) in [7, 11) is 0. The Morgan fingerprint density at radius 3 is 2.69 bits per heavy atom. The molecule has 0 fully saturated rings. The second-order valence-corrected chi connectivity index (χ2v) is 8.18. The molecule has 0 saturated carbocycles. The first-order valence-electron chi connectivity index (χ1n) is 8.78. The molecule has 0 unspecified atom stereocenters. The van der Waals surface area contributed by atoms with Crippen LogP contribution in [0.2, 0.25) is 10.0 Å². The van der Waals surface area contributed by atoms with Gasteiger partial charge in [0, 0.05) is 26.2 Å². The van der Waals surface area contributed by atoms with Crippen LogP contribution in [-0.2, 0) is 22.7 Å². The number of hydrogen-bond donors (Lipinski definition) is 0. The van der Waals surface area contributed by atoms with Crippen molar-refractivity contribution in [2.24, 2.45) is 0 Å². The van der Waals surface area contributed by atoms with Gasteiger partial charge in [0.25, 0.3) is 0 Å². The van der Waals surface area contributed by atoms with Gasteiger partial charge in [-0.3, -0.25) is 0 Å². The summed E-state index contributed by atoms with van der Waals surface area (Å²) in [5.74, 6) is 0.0937. The van der Waals surface area contributed by atoms with E-state index < -0.39 is 12.3 Å². The third-order valence-corrected chi connectivity index (χ3v) is 5.42. The van der Waals surface area contributed by atoms with Crippen LogP contribution in [0.5, 0.6) is 5.75 Å². The van der Waals surface area contributed by atoms with E-state index in [1.165, 1.54) is 6.07 Å². The van der Waals surface area contributed by atoms with Crippen LogP contribution in [0, 0.1) is 0 Å². The lowest BCUT2D eigenvalue weighted by Crippen LogP contribution is -2.19. The minimum Gasteiger partial charge on any atom is -0.460 e. The first-order chi connectivity index (χ1) is 14.0. The lowest BCUT2D eigenvalue weighted by Gasteiger charge is -2.28. The van der Waals surface area contributed by atoms with Crippen LogP contribution in [0.1, 0.15) is 33.3 Å². The Bertz CT molecular complexity index is 1060. The highest BCUT2D eigenvalue weighted by Gasteiger charge is 2.25. The van der Waals surface area contributed by atoms with Gasteiger partial charge < -0.3 is 14.2 Å². The highest BCUT2D eigenvalue weighted by molar-refractivity contribution is 9.10. The topological polar surface area (TPSA) is 44.8 Å². The standard InChI is InChI=1S/C22H15BrCl2O4/c23-16-8-14(11-27-21(26)18-10-17(24)6-7-19(18)25)20-15(9-16)12-28-22(29-20)13-4-2-1-3-5-13/h1-10,22H,11-12H2/t22-/m0/s1. The maximum atomic E-state index is 12.5. The summed E-state index contributed by atoms with van der Waals surface area (Å²) in [4.78, 5) is 12.5. The molecule has 1 atom stereocenters. The maximum Gasteiger partial charge on any atom is 0.340 e. The Hall–Kier alpha value is -2.05. The molecule has 3 aromatic carbocycles. The van der Waals surface area contributed by atoms with Crippen molar-refractivity contribution in [1.29, 1.82) is 0 Å². The van der Waals surface area contributed by atoms with E-state index in [-0.39, 0.29) is 17.2 Å². The number of halogens is 3. The molecule has 3 aromatic rings. The van der Waals surface area contributed by atoms with Gasteiger partial charge in [-0.25, -0.2) is 4.79 Å². The summed E-state index contributed by atoms with van der Waals surface area (Å²) in [6, 6.07) is 18.1. The Balaban J connectivity index is 1.56. The lowest BCUT2D eigenvalue weighted by atomic mass is 10.1. The van der Waals surface area contributed by atoms with Crippen LogP contribution >= 0.6 is 39.1 Å². The van der Waals surface area contributed by atoms with E-state index in [0.717, 1.165) is 21.2 Å². The van der Waals surface area contributed by atoms with Gasteiger partial charge >= 0.3 is 5.97 Å². The molecule has 0 saturated heterocycles. The molecule has 0 amide bonds. The third kappa shape index (κ3) is 4.59. The molecule has 4 rings (SSSR count). The summed E-state index contributed by atoms with van der Waals surface area (Å²) in [6.07, 6.45) is -0.526. The van der Waals surface area contributed by atoms with E-state index in [4.69, 9.17) is 37.4 Å². The molecule has 0 aromatic heterocycles. The highest BCUT2D eigenvalue weighted by Crippen LogP contribution is 2.38. The van der Waals surface area contributed by atoms with E-state index in [1.807, 2.05) is 42.5 Å².